The van der Waals surface area contributed by atoms with Gasteiger partial charge in [0.15, 0.2) is 9.84 Å². The number of para-hydroxylation sites is 1. The molecule has 27 heavy (non-hydrogen) atoms. The quantitative estimate of drug-likeness (QED) is 0.737. The predicted molar refractivity (Wildman–Crippen MR) is 104 cm³/mol. The van der Waals surface area contributed by atoms with Gasteiger partial charge in [0, 0.05) is 32.2 Å². The molecule has 0 spiro atoms. The summed E-state index contributed by atoms with van der Waals surface area (Å²) in [4.78, 5) is 20.9. The Morgan fingerprint density at radius 1 is 1.22 bits per heavy atom. The van der Waals surface area contributed by atoms with Crippen molar-refractivity contribution < 1.29 is 17.9 Å². The lowest BCUT2D eigenvalue weighted by molar-refractivity contribution is -0.138. The van der Waals surface area contributed by atoms with E-state index in [1.165, 1.54) is 0 Å². The number of carbonyl (C=O) groups is 1. The highest BCUT2D eigenvalue weighted by Crippen LogP contribution is 2.22. The predicted octanol–water partition coefficient (Wildman–Crippen LogP) is 1.14. The maximum absolute atomic E-state index is 12.4. The summed E-state index contributed by atoms with van der Waals surface area (Å²) in [5, 5.41) is 0.872. The fourth-order valence-corrected chi connectivity index (χ4v) is 6.36. The molecule has 1 atom stereocenters. The molecule has 3 heterocycles. The van der Waals surface area contributed by atoms with Crippen LogP contribution in [-0.2, 0) is 26.0 Å². The molecular weight excluding hydrogens is 386 g/mol. The molecule has 2 aliphatic rings. The molecule has 2 aliphatic heterocycles. The van der Waals surface area contributed by atoms with E-state index in [9.17, 15) is 13.2 Å². The monoisotopic (exact) mass is 409 g/mol. The van der Waals surface area contributed by atoms with Gasteiger partial charge in [0.25, 0.3) is 0 Å². The number of carbonyl (C=O) groups excluding carboxylic acids is 1. The van der Waals surface area contributed by atoms with E-state index < -0.39 is 9.84 Å². The molecule has 4 rings (SSSR count). The summed E-state index contributed by atoms with van der Waals surface area (Å²) in [5.41, 5.74) is 0.956. The molecule has 1 aromatic heterocycles. The summed E-state index contributed by atoms with van der Waals surface area (Å²) >= 11 is 1.58. The van der Waals surface area contributed by atoms with Crippen LogP contribution in [0, 0.1) is 0 Å². The van der Waals surface area contributed by atoms with E-state index in [1.54, 1.807) is 16.2 Å². The maximum atomic E-state index is 12.4. The second-order valence-corrected chi connectivity index (χ2v) is 10.4. The molecule has 9 heteroatoms. The van der Waals surface area contributed by atoms with E-state index in [-0.39, 0.29) is 30.1 Å². The number of rotatable bonds is 5. The Hall–Kier alpha value is -1.55. The number of aromatic nitrogens is 1. The van der Waals surface area contributed by atoms with E-state index in [0.29, 0.717) is 26.1 Å². The van der Waals surface area contributed by atoms with Crippen LogP contribution in [0.5, 0.6) is 0 Å². The molecule has 0 unspecified atom stereocenters. The first-order chi connectivity index (χ1) is 13.0. The number of ether oxygens (including phenoxy) is 1. The first-order valence-corrected chi connectivity index (χ1v) is 11.8. The van der Waals surface area contributed by atoms with Crippen LogP contribution in [0.1, 0.15) is 11.4 Å². The van der Waals surface area contributed by atoms with E-state index in [0.717, 1.165) is 28.3 Å². The second kappa shape index (κ2) is 7.83. The van der Waals surface area contributed by atoms with E-state index >= 15 is 0 Å². The molecular formula is C18H23N3O4S2. The number of amides is 1. The molecule has 0 saturated carbocycles. The lowest BCUT2D eigenvalue weighted by Crippen LogP contribution is -2.53. The number of thiazole rings is 1. The first kappa shape index (κ1) is 18.8. The van der Waals surface area contributed by atoms with Crippen LogP contribution >= 0.6 is 11.3 Å². The molecule has 2 fully saturated rings. The van der Waals surface area contributed by atoms with Crippen LogP contribution in [0.15, 0.2) is 24.3 Å². The molecule has 146 valence electrons. The second-order valence-electron chi connectivity index (χ2n) is 7.04. The standard InChI is InChI=1S/C18H23N3O4S2/c22-18(12-25-11-17-19-15-3-1-2-4-16(15)26-17)21-8-6-20(7-9-21)14-5-10-27(23,24)13-14/h1-4,14H,5-13H2/t14-/m0/s1. The molecule has 0 bridgehead atoms. The third kappa shape index (κ3) is 4.48. The normalized spacial score (nSPS) is 23.1. The average Bonchev–Trinajstić information content (AvgIpc) is 3.24. The number of sulfone groups is 1. The third-order valence-corrected chi connectivity index (χ3v) is 7.94. The van der Waals surface area contributed by atoms with E-state index in [4.69, 9.17) is 4.74 Å². The van der Waals surface area contributed by atoms with Crippen molar-refractivity contribution >= 4 is 37.3 Å². The maximum Gasteiger partial charge on any atom is 0.248 e. The average molecular weight is 410 g/mol. The molecule has 1 amide bonds. The van der Waals surface area contributed by atoms with Crippen molar-refractivity contribution in [2.45, 2.75) is 19.1 Å². The van der Waals surface area contributed by atoms with Crippen molar-refractivity contribution in [1.29, 1.82) is 0 Å². The summed E-state index contributed by atoms with van der Waals surface area (Å²) in [5.74, 6) is 0.526. The third-order valence-electron chi connectivity index (χ3n) is 5.18. The van der Waals surface area contributed by atoms with Crippen molar-refractivity contribution in [3.63, 3.8) is 0 Å². The Morgan fingerprint density at radius 3 is 2.70 bits per heavy atom. The van der Waals surface area contributed by atoms with Crippen molar-refractivity contribution in [1.82, 2.24) is 14.8 Å². The fraction of sp³-hybridized carbons (Fsp3) is 0.556. The Morgan fingerprint density at radius 2 is 2.00 bits per heavy atom. The fourth-order valence-electron chi connectivity index (χ4n) is 3.70. The van der Waals surface area contributed by atoms with Gasteiger partial charge in [-0.25, -0.2) is 13.4 Å². The van der Waals surface area contributed by atoms with Gasteiger partial charge in [-0.2, -0.15) is 0 Å². The Labute approximate surface area is 162 Å². The highest BCUT2D eigenvalue weighted by molar-refractivity contribution is 7.91. The zero-order valence-corrected chi connectivity index (χ0v) is 16.7. The van der Waals surface area contributed by atoms with Crippen molar-refractivity contribution in [3.8, 4) is 0 Å². The van der Waals surface area contributed by atoms with Crippen LogP contribution < -0.4 is 0 Å². The smallest absolute Gasteiger partial charge is 0.248 e. The van der Waals surface area contributed by atoms with Crippen molar-refractivity contribution in [3.05, 3.63) is 29.3 Å². The first-order valence-electron chi connectivity index (χ1n) is 9.15. The van der Waals surface area contributed by atoms with Crippen LogP contribution in [0.4, 0.5) is 0 Å². The molecule has 0 aliphatic carbocycles. The molecule has 0 N–H and O–H groups in total. The topological polar surface area (TPSA) is 79.8 Å². The number of nitrogens with zero attached hydrogens (tertiary/aromatic N) is 3. The van der Waals surface area contributed by atoms with Gasteiger partial charge < -0.3 is 9.64 Å². The Balaban J connectivity index is 1.21. The number of hydrogen-bond donors (Lipinski definition) is 0. The van der Waals surface area contributed by atoms with Gasteiger partial charge >= 0.3 is 0 Å². The number of piperazine rings is 1. The van der Waals surface area contributed by atoms with Crippen LogP contribution in [-0.4, -0.2) is 79.4 Å². The Bertz CT molecular complexity index is 887. The SMILES string of the molecule is O=C(COCc1nc2ccccc2s1)N1CCN([C@H]2CCS(=O)(=O)C2)CC1. The van der Waals surface area contributed by atoms with Gasteiger partial charge in [-0.05, 0) is 18.6 Å². The minimum absolute atomic E-state index is 0.0187. The number of benzene rings is 1. The molecule has 0 radical (unpaired) electrons. The Kier molecular flexibility index (Phi) is 5.45. The van der Waals surface area contributed by atoms with Gasteiger partial charge in [-0.3, -0.25) is 9.69 Å². The number of fused-ring (bicyclic) bond motifs is 1. The minimum Gasteiger partial charge on any atom is -0.364 e. The van der Waals surface area contributed by atoms with Crippen molar-refractivity contribution in [2.75, 3.05) is 44.3 Å². The van der Waals surface area contributed by atoms with Crippen LogP contribution in [0.2, 0.25) is 0 Å². The summed E-state index contributed by atoms with van der Waals surface area (Å²) < 4.78 is 30.0. The van der Waals surface area contributed by atoms with Gasteiger partial charge in [0.05, 0.1) is 28.3 Å². The highest BCUT2D eigenvalue weighted by atomic mass is 32.2. The molecule has 2 aromatic rings. The lowest BCUT2D eigenvalue weighted by Gasteiger charge is -2.37. The van der Waals surface area contributed by atoms with Gasteiger partial charge in [0.2, 0.25) is 5.91 Å². The van der Waals surface area contributed by atoms with E-state index in [2.05, 4.69) is 9.88 Å². The largest absolute Gasteiger partial charge is 0.364 e. The van der Waals surface area contributed by atoms with Crippen LogP contribution in [0.3, 0.4) is 0 Å². The molecule has 1 aromatic carbocycles. The summed E-state index contributed by atoms with van der Waals surface area (Å²) in [6.07, 6.45) is 0.710. The van der Waals surface area contributed by atoms with Gasteiger partial charge in [-0.15, -0.1) is 11.3 Å². The molecule has 2 saturated heterocycles. The zero-order valence-electron chi connectivity index (χ0n) is 15.0. The number of hydrogen-bond acceptors (Lipinski definition) is 7. The lowest BCUT2D eigenvalue weighted by atomic mass is 10.2. The van der Waals surface area contributed by atoms with Crippen molar-refractivity contribution in [2.24, 2.45) is 0 Å². The minimum atomic E-state index is -2.87. The van der Waals surface area contributed by atoms with Gasteiger partial charge in [0.1, 0.15) is 11.6 Å². The molecule has 7 nitrogen and oxygen atoms in total. The summed E-state index contributed by atoms with van der Waals surface area (Å²) in [6.45, 7) is 3.09. The zero-order chi connectivity index (χ0) is 18.9. The van der Waals surface area contributed by atoms with Gasteiger partial charge in [-0.1, -0.05) is 12.1 Å². The highest BCUT2D eigenvalue weighted by Gasteiger charge is 2.34. The summed E-state index contributed by atoms with van der Waals surface area (Å²) in [7, 11) is -2.87. The van der Waals surface area contributed by atoms with Crippen LogP contribution in [0.25, 0.3) is 10.2 Å². The summed E-state index contributed by atoms with van der Waals surface area (Å²) in [6, 6.07) is 8.04. The van der Waals surface area contributed by atoms with E-state index in [1.807, 2.05) is 24.3 Å².